The Morgan fingerprint density at radius 3 is 3.07 bits per heavy atom. The van der Waals surface area contributed by atoms with E-state index in [1.165, 1.54) is 15.8 Å². The second kappa shape index (κ2) is 3.51. The van der Waals surface area contributed by atoms with Gasteiger partial charge in [-0.1, -0.05) is 0 Å². The standard InChI is InChI=1S/C12H14N2S/c13-10-3-5-14(8-10)11-1-2-12-9(7-11)4-6-15-12/h1-2,4,6-7,10H,3,5,8,13H2. The Kier molecular flexibility index (Phi) is 2.15. The predicted octanol–water partition coefficient (Wildman–Crippen LogP) is 2.44. The molecule has 0 aliphatic carbocycles. The smallest absolute Gasteiger partial charge is 0.0373 e. The van der Waals surface area contributed by atoms with Crippen LogP contribution in [-0.2, 0) is 0 Å². The number of nitrogens with zero attached hydrogens (tertiary/aromatic N) is 1. The van der Waals surface area contributed by atoms with Crippen LogP contribution in [0.4, 0.5) is 5.69 Å². The lowest BCUT2D eigenvalue weighted by atomic mass is 10.2. The zero-order valence-corrected chi connectivity index (χ0v) is 9.33. The third-order valence-electron chi connectivity index (χ3n) is 3.03. The van der Waals surface area contributed by atoms with E-state index in [0.717, 1.165) is 19.5 Å². The molecule has 1 fully saturated rings. The minimum atomic E-state index is 0.350. The quantitative estimate of drug-likeness (QED) is 0.796. The first-order chi connectivity index (χ1) is 7.33. The van der Waals surface area contributed by atoms with Gasteiger partial charge in [0, 0.05) is 29.5 Å². The fraction of sp³-hybridized carbons (Fsp3) is 0.333. The normalized spacial score (nSPS) is 21.4. The lowest BCUT2D eigenvalue weighted by Crippen LogP contribution is -2.26. The monoisotopic (exact) mass is 218 g/mol. The van der Waals surface area contributed by atoms with Gasteiger partial charge in [0.25, 0.3) is 0 Å². The van der Waals surface area contributed by atoms with Gasteiger partial charge in [-0.15, -0.1) is 11.3 Å². The first-order valence-corrected chi connectivity index (χ1v) is 6.19. The highest BCUT2D eigenvalue weighted by molar-refractivity contribution is 7.17. The second-order valence-electron chi connectivity index (χ2n) is 4.14. The Morgan fingerprint density at radius 1 is 1.33 bits per heavy atom. The minimum Gasteiger partial charge on any atom is -0.370 e. The lowest BCUT2D eigenvalue weighted by molar-refractivity contribution is 0.752. The molecule has 2 heterocycles. The SMILES string of the molecule is NC1CCN(c2ccc3sccc3c2)C1. The fourth-order valence-electron chi connectivity index (χ4n) is 2.17. The number of rotatable bonds is 1. The van der Waals surface area contributed by atoms with Gasteiger partial charge in [0.15, 0.2) is 0 Å². The van der Waals surface area contributed by atoms with Crippen LogP contribution in [0.5, 0.6) is 0 Å². The molecule has 0 amide bonds. The third kappa shape index (κ3) is 1.62. The molecule has 1 aliphatic rings. The fourth-order valence-corrected chi connectivity index (χ4v) is 2.94. The van der Waals surface area contributed by atoms with Crippen molar-refractivity contribution in [3.8, 4) is 0 Å². The van der Waals surface area contributed by atoms with Crippen molar-refractivity contribution in [3.63, 3.8) is 0 Å². The molecule has 1 aliphatic heterocycles. The van der Waals surface area contributed by atoms with Crippen molar-refractivity contribution in [1.29, 1.82) is 0 Å². The van der Waals surface area contributed by atoms with Gasteiger partial charge < -0.3 is 10.6 Å². The highest BCUT2D eigenvalue weighted by Crippen LogP contribution is 2.27. The Morgan fingerprint density at radius 2 is 2.27 bits per heavy atom. The van der Waals surface area contributed by atoms with Crippen LogP contribution >= 0.6 is 11.3 Å². The van der Waals surface area contributed by atoms with Crippen LogP contribution in [0.25, 0.3) is 10.1 Å². The maximum Gasteiger partial charge on any atom is 0.0373 e. The molecule has 1 atom stereocenters. The number of hydrogen-bond acceptors (Lipinski definition) is 3. The van der Waals surface area contributed by atoms with Crippen LogP contribution in [0.1, 0.15) is 6.42 Å². The molecule has 1 unspecified atom stereocenters. The molecule has 1 aromatic heterocycles. The Balaban J connectivity index is 1.97. The van der Waals surface area contributed by atoms with Gasteiger partial charge in [-0.05, 0) is 41.5 Å². The number of anilines is 1. The van der Waals surface area contributed by atoms with Crippen molar-refractivity contribution in [2.75, 3.05) is 18.0 Å². The van der Waals surface area contributed by atoms with E-state index in [1.54, 1.807) is 11.3 Å². The molecule has 0 bridgehead atoms. The molecule has 78 valence electrons. The van der Waals surface area contributed by atoms with Crippen molar-refractivity contribution in [2.45, 2.75) is 12.5 Å². The number of fused-ring (bicyclic) bond motifs is 1. The van der Waals surface area contributed by atoms with E-state index in [-0.39, 0.29) is 0 Å². The number of benzene rings is 1. The lowest BCUT2D eigenvalue weighted by Gasteiger charge is -2.17. The summed E-state index contributed by atoms with van der Waals surface area (Å²) in [5, 5.41) is 3.49. The van der Waals surface area contributed by atoms with Crippen LogP contribution in [0.3, 0.4) is 0 Å². The van der Waals surface area contributed by atoms with Gasteiger partial charge in [0.2, 0.25) is 0 Å². The van der Waals surface area contributed by atoms with E-state index in [0.29, 0.717) is 6.04 Å². The zero-order chi connectivity index (χ0) is 10.3. The molecule has 0 saturated carbocycles. The van der Waals surface area contributed by atoms with E-state index >= 15 is 0 Å². The molecular weight excluding hydrogens is 204 g/mol. The van der Waals surface area contributed by atoms with Gasteiger partial charge in [0.05, 0.1) is 0 Å². The minimum absolute atomic E-state index is 0.350. The van der Waals surface area contributed by atoms with E-state index in [1.807, 2.05) is 0 Å². The molecule has 15 heavy (non-hydrogen) atoms. The molecule has 2 aromatic rings. The van der Waals surface area contributed by atoms with E-state index in [4.69, 9.17) is 5.73 Å². The molecule has 3 heteroatoms. The van der Waals surface area contributed by atoms with Crippen molar-refractivity contribution < 1.29 is 0 Å². The van der Waals surface area contributed by atoms with Crippen molar-refractivity contribution >= 4 is 27.1 Å². The average Bonchev–Trinajstić information content (AvgIpc) is 2.84. The predicted molar refractivity (Wildman–Crippen MR) is 66.6 cm³/mol. The van der Waals surface area contributed by atoms with Crippen molar-refractivity contribution in [3.05, 3.63) is 29.6 Å². The molecule has 3 rings (SSSR count). The summed E-state index contributed by atoms with van der Waals surface area (Å²) in [5.74, 6) is 0. The molecule has 1 saturated heterocycles. The molecule has 0 radical (unpaired) electrons. The maximum atomic E-state index is 5.92. The van der Waals surface area contributed by atoms with Gasteiger partial charge in [0.1, 0.15) is 0 Å². The summed E-state index contributed by atoms with van der Waals surface area (Å²) in [7, 11) is 0. The molecule has 1 aromatic carbocycles. The first kappa shape index (κ1) is 9.19. The van der Waals surface area contributed by atoms with Crippen LogP contribution in [0.15, 0.2) is 29.6 Å². The Hall–Kier alpha value is -1.06. The first-order valence-electron chi connectivity index (χ1n) is 5.31. The van der Waals surface area contributed by atoms with Crippen LogP contribution in [-0.4, -0.2) is 19.1 Å². The van der Waals surface area contributed by atoms with Crippen LogP contribution in [0.2, 0.25) is 0 Å². The summed E-state index contributed by atoms with van der Waals surface area (Å²) < 4.78 is 1.36. The molecule has 2 N–H and O–H groups in total. The zero-order valence-electron chi connectivity index (χ0n) is 8.52. The summed E-state index contributed by atoms with van der Waals surface area (Å²) in [6, 6.07) is 9.21. The van der Waals surface area contributed by atoms with Gasteiger partial charge in [-0.25, -0.2) is 0 Å². The number of thiophene rings is 1. The molecule has 0 spiro atoms. The average molecular weight is 218 g/mol. The van der Waals surface area contributed by atoms with Crippen LogP contribution in [0, 0.1) is 0 Å². The molecular formula is C12H14N2S. The molecule has 2 nitrogen and oxygen atoms in total. The van der Waals surface area contributed by atoms with Gasteiger partial charge in [-0.3, -0.25) is 0 Å². The maximum absolute atomic E-state index is 5.92. The third-order valence-corrected chi connectivity index (χ3v) is 3.92. The topological polar surface area (TPSA) is 29.3 Å². The number of hydrogen-bond donors (Lipinski definition) is 1. The van der Waals surface area contributed by atoms with Gasteiger partial charge >= 0.3 is 0 Å². The van der Waals surface area contributed by atoms with Crippen LogP contribution < -0.4 is 10.6 Å². The van der Waals surface area contributed by atoms with Crippen molar-refractivity contribution in [2.24, 2.45) is 5.73 Å². The second-order valence-corrected chi connectivity index (χ2v) is 5.09. The Bertz CT molecular complexity index is 477. The van der Waals surface area contributed by atoms with E-state index < -0.39 is 0 Å². The number of nitrogens with two attached hydrogens (primary N) is 1. The van der Waals surface area contributed by atoms with Gasteiger partial charge in [-0.2, -0.15) is 0 Å². The summed E-state index contributed by atoms with van der Waals surface area (Å²) >= 11 is 1.80. The van der Waals surface area contributed by atoms with E-state index in [2.05, 4.69) is 34.5 Å². The summed E-state index contributed by atoms with van der Waals surface area (Å²) in [5.41, 5.74) is 7.23. The summed E-state index contributed by atoms with van der Waals surface area (Å²) in [6.07, 6.45) is 1.11. The van der Waals surface area contributed by atoms with E-state index in [9.17, 15) is 0 Å². The Labute approximate surface area is 93.3 Å². The summed E-state index contributed by atoms with van der Waals surface area (Å²) in [6.45, 7) is 2.09. The highest BCUT2D eigenvalue weighted by atomic mass is 32.1. The largest absolute Gasteiger partial charge is 0.370 e. The van der Waals surface area contributed by atoms with Crippen molar-refractivity contribution in [1.82, 2.24) is 0 Å². The summed E-state index contributed by atoms with van der Waals surface area (Å²) in [4.78, 5) is 2.38. The highest BCUT2D eigenvalue weighted by Gasteiger charge is 2.19.